The number of nitrogens with one attached hydrogen (secondary N) is 2. The summed E-state index contributed by atoms with van der Waals surface area (Å²) >= 11 is 0. The summed E-state index contributed by atoms with van der Waals surface area (Å²) in [5, 5.41) is 4.10. The number of amides is 1. The number of hydrogen-bond donors (Lipinski definition) is 2. The molecule has 4 aromatic rings. The first-order chi connectivity index (χ1) is 12.6. The van der Waals surface area contributed by atoms with Crippen LogP contribution in [-0.2, 0) is 6.54 Å². The summed E-state index contributed by atoms with van der Waals surface area (Å²) in [5.41, 5.74) is 5.68. The second-order valence-electron chi connectivity index (χ2n) is 6.49. The van der Waals surface area contributed by atoms with Gasteiger partial charge in [-0.25, -0.2) is 4.98 Å². The Labute approximate surface area is 151 Å². The van der Waals surface area contributed by atoms with E-state index in [1.165, 1.54) is 5.56 Å². The molecule has 130 valence electrons. The van der Waals surface area contributed by atoms with Gasteiger partial charge in [-0.3, -0.25) is 4.79 Å². The van der Waals surface area contributed by atoms with Gasteiger partial charge in [0.15, 0.2) is 0 Å². The molecule has 0 spiro atoms. The number of carbonyl (C=O) groups is 1. The zero-order valence-electron chi connectivity index (χ0n) is 14.8. The SMILES string of the molecule is Cc1[nH]c2c(C(=O)Nc3cccc(Cn4ccnc4)c3)cccc2c1C. The Morgan fingerprint density at radius 1 is 1.19 bits per heavy atom. The number of carbonyl (C=O) groups excluding carboxylic acids is 1. The zero-order valence-corrected chi connectivity index (χ0v) is 14.8. The normalized spacial score (nSPS) is 11.0. The molecule has 0 saturated heterocycles. The van der Waals surface area contributed by atoms with Gasteiger partial charge in [-0.05, 0) is 43.2 Å². The van der Waals surface area contributed by atoms with Crippen LogP contribution in [0.1, 0.15) is 27.2 Å². The van der Waals surface area contributed by atoms with Crippen molar-refractivity contribution in [2.75, 3.05) is 5.32 Å². The molecule has 0 fully saturated rings. The summed E-state index contributed by atoms with van der Waals surface area (Å²) in [4.78, 5) is 20.2. The molecule has 2 aromatic heterocycles. The minimum atomic E-state index is -0.114. The molecule has 0 aliphatic rings. The number of fused-ring (bicyclic) bond motifs is 1. The molecule has 5 heteroatoms. The quantitative estimate of drug-likeness (QED) is 0.580. The molecule has 0 aliphatic carbocycles. The maximum absolute atomic E-state index is 12.8. The standard InChI is InChI=1S/C21H20N4O/c1-14-15(2)23-20-18(14)7-4-8-19(20)21(26)24-17-6-3-5-16(11-17)12-25-10-9-22-13-25/h3-11,13,23H,12H2,1-2H3,(H,24,26). The highest BCUT2D eigenvalue weighted by Gasteiger charge is 2.14. The summed E-state index contributed by atoms with van der Waals surface area (Å²) in [6.07, 6.45) is 5.45. The van der Waals surface area contributed by atoms with Crippen LogP contribution < -0.4 is 5.32 Å². The number of rotatable bonds is 4. The number of imidazole rings is 1. The molecule has 0 aliphatic heterocycles. The fourth-order valence-corrected chi connectivity index (χ4v) is 3.21. The second-order valence-corrected chi connectivity index (χ2v) is 6.49. The fraction of sp³-hybridized carbons (Fsp3) is 0.143. The van der Waals surface area contributed by atoms with Gasteiger partial charge in [0.1, 0.15) is 0 Å². The molecule has 2 aromatic carbocycles. The molecule has 4 rings (SSSR count). The van der Waals surface area contributed by atoms with Gasteiger partial charge in [-0.2, -0.15) is 0 Å². The van der Waals surface area contributed by atoms with E-state index in [0.717, 1.165) is 27.8 Å². The van der Waals surface area contributed by atoms with Crippen LogP contribution in [0.3, 0.4) is 0 Å². The van der Waals surface area contributed by atoms with Crippen LogP contribution in [0, 0.1) is 13.8 Å². The van der Waals surface area contributed by atoms with Crippen molar-refractivity contribution in [3.05, 3.63) is 83.6 Å². The predicted octanol–water partition coefficient (Wildman–Crippen LogP) is 4.28. The third-order valence-electron chi connectivity index (χ3n) is 4.70. The van der Waals surface area contributed by atoms with Crippen molar-refractivity contribution in [2.45, 2.75) is 20.4 Å². The van der Waals surface area contributed by atoms with Crippen LogP contribution in [0.4, 0.5) is 5.69 Å². The van der Waals surface area contributed by atoms with E-state index in [2.05, 4.69) is 22.2 Å². The smallest absolute Gasteiger partial charge is 0.257 e. The van der Waals surface area contributed by atoms with E-state index in [9.17, 15) is 4.79 Å². The van der Waals surface area contributed by atoms with Crippen molar-refractivity contribution in [2.24, 2.45) is 0 Å². The number of hydrogen-bond acceptors (Lipinski definition) is 2. The van der Waals surface area contributed by atoms with Crippen molar-refractivity contribution in [3.8, 4) is 0 Å². The monoisotopic (exact) mass is 344 g/mol. The highest BCUT2D eigenvalue weighted by molar-refractivity contribution is 6.12. The van der Waals surface area contributed by atoms with Crippen molar-refractivity contribution < 1.29 is 4.79 Å². The number of aryl methyl sites for hydroxylation is 2. The van der Waals surface area contributed by atoms with Crippen molar-refractivity contribution in [1.29, 1.82) is 0 Å². The van der Waals surface area contributed by atoms with E-state index in [4.69, 9.17) is 0 Å². The summed E-state index contributed by atoms with van der Waals surface area (Å²) < 4.78 is 1.99. The highest BCUT2D eigenvalue weighted by Crippen LogP contribution is 2.25. The number of para-hydroxylation sites is 1. The van der Waals surface area contributed by atoms with Gasteiger partial charge in [0.2, 0.25) is 0 Å². The minimum absolute atomic E-state index is 0.114. The number of benzene rings is 2. The van der Waals surface area contributed by atoms with Crippen LogP contribution in [0.5, 0.6) is 0 Å². The number of anilines is 1. The molecule has 26 heavy (non-hydrogen) atoms. The van der Waals surface area contributed by atoms with E-state index >= 15 is 0 Å². The summed E-state index contributed by atoms with van der Waals surface area (Å²) in [6, 6.07) is 13.7. The molecular formula is C21H20N4O. The number of aromatic amines is 1. The first-order valence-corrected chi connectivity index (χ1v) is 8.56. The second kappa shape index (κ2) is 6.52. The average molecular weight is 344 g/mol. The van der Waals surface area contributed by atoms with Gasteiger partial charge in [0, 0.05) is 35.7 Å². The topological polar surface area (TPSA) is 62.7 Å². The van der Waals surface area contributed by atoms with Gasteiger partial charge in [0.05, 0.1) is 17.4 Å². The molecular weight excluding hydrogens is 324 g/mol. The lowest BCUT2D eigenvalue weighted by atomic mass is 10.1. The van der Waals surface area contributed by atoms with Crippen molar-refractivity contribution in [1.82, 2.24) is 14.5 Å². The van der Waals surface area contributed by atoms with Crippen molar-refractivity contribution >= 4 is 22.5 Å². The van der Waals surface area contributed by atoms with Gasteiger partial charge in [-0.1, -0.05) is 24.3 Å². The summed E-state index contributed by atoms with van der Waals surface area (Å²) in [5.74, 6) is -0.114. The Morgan fingerprint density at radius 3 is 2.85 bits per heavy atom. The highest BCUT2D eigenvalue weighted by atomic mass is 16.1. The van der Waals surface area contributed by atoms with Gasteiger partial charge >= 0.3 is 0 Å². The number of aromatic nitrogens is 3. The van der Waals surface area contributed by atoms with E-state index in [1.807, 2.05) is 60.2 Å². The Kier molecular flexibility index (Phi) is 4.05. The third-order valence-corrected chi connectivity index (χ3v) is 4.70. The lowest BCUT2D eigenvalue weighted by Gasteiger charge is -2.09. The summed E-state index contributed by atoms with van der Waals surface area (Å²) in [6.45, 7) is 4.81. The van der Waals surface area contributed by atoms with Crippen LogP contribution in [-0.4, -0.2) is 20.4 Å². The Hall–Kier alpha value is -3.34. The molecule has 2 N–H and O–H groups in total. The Balaban J connectivity index is 1.60. The molecule has 0 unspecified atom stereocenters. The third kappa shape index (κ3) is 2.99. The van der Waals surface area contributed by atoms with E-state index in [1.54, 1.807) is 12.5 Å². The lowest BCUT2D eigenvalue weighted by molar-refractivity contribution is 0.102. The van der Waals surface area contributed by atoms with E-state index < -0.39 is 0 Å². The maximum Gasteiger partial charge on any atom is 0.257 e. The minimum Gasteiger partial charge on any atom is -0.358 e. The van der Waals surface area contributed by atoms with Gasteiger partial charge in [0.25, 0.3) is 5.91 Å². The maximum atomic E-state index is 12.8. The molecule has 0 radical (unpaired) electrons. The largest absolute Gasteiger partial charge is 0.358 e. The number of H-pyrrole nitrogens is 1. The molecule has 5 nitrogen and oxygen atoms in total. The lowest BCUT2D eigenvalue weighted by Crippen LogP contribution is -2.12. The molecule has 0 atom stereocenters. The van der Waals surface area contributed by atoms with Crippen LogP contribution in [0.15, 0.2) is 61.2 Å². The first kappa shape index (κ1) is 16.1. The predicted molar refractivity (Wildman–Crippen MR) is 103 cm³/mol. The van der Waals surface area contributed by atoms with Gasteiger partial charge in [-0.15, -0.1) is 0 Å². The molecule has 0 bridgehead atoms. The zero-order chi connectivity index (χ0) is 18.1. The number of nitrogens with zero attached hydrogens (tertiary/aromatic N) is 2. The van der Waals surface area contributed by atoms with Crippen LogP contribution >= 0.6 is 0 Å². The van der Waals surface area contributed by atoms with Crippen LogP contribution in [0.2, 0.25) is 0 Å². The molecule has 2 heterocycles. The van der Waals surface area contributed by atoms with Crippen molar-refractivity contribution in [3.63, 3.8) is 0 Å². The van der Waals surface area contributed by atoms with Gasteiger partial charge < -0.3 is 14.9 Å². The first-order valence-electron chi connectivity index (χ1n) is 8.56. The van der Waals surface area contributed by atoms with E-state index in [-0.39, 0.29) is 5.91 Å². The summed E-state index contributed by atoms with van der Waals surface area (Å²) in [7, 11) is 0. The Bertz CT molecular complexity index is 1080. The van der Waals surface area contributed by atoms with Crippen LogP contribution in [0.25, 0.3) is 10.9 Å². The molecule has 0 saturated carbocycles. The fourth-order valence-electron chi connectivity index (χ4n) is 3.21. The van der Waals surface area contributed by atoms with E-state index in [0.29, 0.717) is 12.1 Å². The Morgan fingerprint density at radius 2 is 2.04 bits per heavy atom. The molecule has 1 amide bonds. The average Bonchev–Trinajstić information content (AvgIpc) is 3.24.